The van der Waals surface area contributed by atoms with Gasteiger partial charge in [-0.15, -0.1) is 0 Å². The van der Waals surface area contributed by atoms with Crippen LogP contribution in [0, 0.1) is 18.6 Å². The van der Waals surface area contributed by atoms with E-state index in [9.17, 15) is 18.4 Å². The summed E-state index contributed by atoms with van der Waals surface area (Å²) in [6.45, 7) is 3.04. The number of aromatic nitrogens is 1. The van der Waals surface area contributed by atoms with E-state index < -0.39 is 30.1 Å². The minimum Gasteiger partial charge on any atom is -0.481 e. The highest BCUT2D eigenvalue weighted by atomic mass is 32.1. The molecule has 2 rings (SSSR count). The first-order valence-corrected chi connectivity index (χ1v) is 7.74. The van der Waals surface area contributed by atoms with E-state index in [4.69, 9.17) is 9.47 Å². The molecule has 0 aliphatic rings. The predicted molar refractivity (Wildman–Crippen MR) is 83.3 cm³/mol. The van der Waals surface area contributed by atoms with Gasteiger partial charge in [0.2, 0.25) is 0 Å². The number of amides is 1. The van der Waals surface area contributed by atoms with Crippen LogP contribution >= 0.6 is 11.3 Å². The summed E-state index contributed by atoms with van der Waals surface area (Å²) in [4.78, 5) is 27.8. The number of carbonyl (C=O) groups excluding carboxylic acids is 2. The summed E-state index contributed by atoms with van der Waals surface area (Å²) in [5.74, 6) is -3.00. The number of halogens is 2. The lowest BCUT2D eigenvalue weighted by Crippen LogP contribution is -2.20. The Bertz CT molecular complexity index is 764. The Morgan fingerprint density at radius 2 is 2.08 bits per heavy atom. The first kappa shape index (κ1) is 17.8. The molecule has 0 unspecified atom stereocenters. The van der Waals surface area contributed by atoms with E-state index in [-0.39, 0.29) is 22.4 Å². The van der Waals surface area contributed by atoms with E-state index in [0.29, 0.717) is 11.8 Å². The maximum absolute atomic E-state index is 13.4. The third-order valence-electron chi connectivity index (χ3n) is 2.76. The van der Waals surface area contributed by atoms with Gasteiger partial charge in [-0.25, -0.2) is 18.6 Å². The second-order valence-electron chi connectivity index (χ2n) is 4.57. The Morgan fingerprint density at radius 1 is 1.33 bits per heavy atom. The van der Waals surface area contributed by atoms with Crippen molar-refractivity contribution in [3.8, 4) is 5.75 Å². The average Bonchev–Trinajstić information content (AvgIpc) is 2.87. The molecule has 0 radical (unpaired) electrons. The molecule has 6 nitrogen and oxygen atoms in total. The standard InChI is InChI=1S/C15H14F2N2O4S/c1-3-22-14(21)13-8(2)18-15(24-13)19-12(20)7-23-11-5-4-9(16)6-10(11)17/h4-6H,3,7H2,1-2H3,(H,18,19,20). The SMILES string of the molecule is CCOC(=O)c1sc(NC(=O)COc2ccc(F)cc2F)nc1C. The highest BCUT2D eigenvalue weighted by molar-refractivity contribution is 7.17. The fourth-order valence-corrected chi connectivity index (χ4v) is 2.60. The Hall–Kier alpha value is -2.55. The Kier molecular flexibility index (Phi) is 5.80. The normalized spacial score (nSPS) is 10.3. The van der Waals surface area contributed by atoms with Crippen LogP contribution in [0.3, 0.4) is 0 Å². The number of aryl methyl sites for hydroxylation is 1. The number of rotatable bonds is 6. The van der Waals surface area contributed by atoms with Gasteiger partial charge in [0.25, 0.3) is 5.91 Å². The topological polar surface area (TPSA) is 77.5 Å². The van der Waals surface area contributed by atoms with E-state index in [1.54, 1.807) is 13.8 Å². The number of esters is 1. The van der Waals surface area contributed by atoms with Crippen LogP contribution in [0.2, 0.25) is 0 Å². The minimum atomic E-state index is -0.905. The summed E-state index contributed by atoms with van der Waals surface area (Å²) in [5, 5.41) is 2.64. The zero-order valence-electron chi connectivity index (χ0n) is 12.9. The molecule has 0 spiro atoms. The molecule has 0 aliphatic heterocycles. The lowest BCUT2D eigenvalue weighted by Gasteiger charge is -2.06. The van der Waals surface area contributed by atoms with E-state index in [1.807, 2.05) is 0 Å². The van der Waals surface area contributed by atoms with Gasteiger partial charge in [-0.05, 0) is 26.0 Å². The summed E-state index contributed by atoms with van der Waals surface area (Å²) in [6.07, 6.45) is 0. The Morgan fingerprint density at radius 3 is 2.75 bits per heavy atom. The maximum atomic E-state index is 13.4. The fraction of sp³-hybridized carbons (Fsp3) is 0.267. The van der Waals surface area contributed by atoms with Crippen LogP contribution in [0.5, 0.6) is 5.75 Å². The Labute approximate surface area is 140 Å². The molecule has 1 amide bonds. The number of thiazole rings is 1. The van der Waals surface area contributed by atoms with E-state index >= 15 is 0 Å². The molecule has 0 aliphatic carbocycles. The third kappa shape index (κ3) is 4.48. The maximum Gasteiger partial charge on any atom is 0.350 e. The molecule has 2 aromatic rings. The molecule has 0 fully saturated rings. The molecule has 9 heteroatoms. The predicted octanol–water partition coefficient (Wildman–Crippen LogP) is 2.92. The lowest BCUT2D eigenvalue weighted by atomic mass is 10.3. The van der Waals surface area contributed by atoms with E-state index in [2.05, 4.69) is 10.3 Å². The molecule has 0 atom stereocenters. The van der Waals surface area contributed by atoms with Crippen LogP contribution in [0.1, 0.15) is 22.3 Å². The van der Waals surface area contributed by atoms with Gasteiger partial charge in [0.1, 0.15) is 10.7 Å². The number of nitrogens with one attached hydrogen (secondary N) is 1. The van der Waals surface area contributed by atoms with Crippen LogP contribution in [0.15, 0.2) is 18.2 Å². The molecule has 1 N–H and O–H groups in total. The monoisotopic (exact) mass is 356 g/mol. The van der Waals surface area contributed by atoms with Crippen LogP contribution in [0.25, 0.3) is 0 Å². The van der Waals surface area contributed by atoms with Crippen molar-refractivity contribution in [2.45, 2.75) is 13.8 Å². The largest absolute Gasteiger partial charge is 0.481 e. The van der Waals surface area contributed by atoms with Gasteiger partial charge in [0.05, 0.1) is 12.3 Å². The highest BCUT2D eigenvalue weighted by Gasteiger charge is 2.17. The molecule has 1 aromatic carbocycles. The number of carbonyl (C=O) groups is 2. The first-order chi connectivity index (χ1) is 11.4. The molecule has 1 heterocycles. The zero-order chi connectivity index (χ0) is 17.7. The minimum absolute atomic E-state index is 0.198. The van der Waals surface area contributed by atoms with Crippen molar-refractivity contribution >= 4 is 28.3 Å². The average molecular weight is 356 g/mol. The van der Waals surface area contributed by atoms with Crippen molar-refractivity contribution in [2.24, 2.45) is 0 Å². The number of nitrogens with zero attached hydrogens (tertiary/aromatic N) is 1. The van der Waals surface area contributed by atoms with Gasteiger partial charge >= 0.3 is 5.97 Å². The third-order valence-corrected chi connectivity index (χ3v) is 3.81. The summed E-state index contributed by atoms with van der Waals surface area (Å²) in [7, 11) is 0. The van der Waals surface area contributed by atoms with Crippen LogP contribution in [-0.2, 0) is 9.53 Å². The van der Waals surface area contributed by atoms with E-state index in [1.165, 1.54) is 0 Å². The van der Waals surface area contributed by atoms with Gasteiger partial charge in [-0.3, -0.25) is 10.1 Å². The summed E-state index contributed by atoms with van der Waals surface area (Å²) < 4.78 is 36.0. The van der Waals surface area contributed by atoms with Crippen molar-refractivity contribution in [3.05, 3.63) is 40.4 Å². The summed E-state index contributed by atoms with van der Waals surface area (Å²) in [5.41, 5.74) is 0.430. The second kappa shape index (κ2) is 7.82. The molecule has 24 heavy (non-hydrogen) atoms. The van der Waals surface area contributed by atoms with Crippen LogP contribution in [0.4, 0.5) is 13.9 Å². The fourth-order valence-electron chi connectivity index (χ4n) is 1.73. The van der Waals surface area contributed by atoms with E-state index in [0.717, 1.165) is 23.5 Å². The molecule has 128 valence electrons. The number of benzene rings is 1. The van der Waals surface area contributed by atoms with Gasteiger partial charge in [-0.2, -0.15) is 0 Å². The first-order valence-electron chi connectivity index (χ1n) is 6.93. The zero-order valence-corrected chi connectivity index (χ0v) is 13.7. The van der Waals surface area contributed by atoms with Crippen molar-refractivity contribution in [1.82, 2.24) is 4.98 Å². The Balaban J connectivity index is 1.95. The molecule has 0 saturated heterocycles. The van der Waals surface area contributed by atoms with Crippen LogP contribution in [-0.4, -0.2) is 30.1 Å². The van der Waals surface area contributed by atoms with Crippen LogP contribution < -0.4 is 10.1 Å². The van der Waals surface area contributed by atoms with Gasteiger partial charge in [0.15, 0.2) is 23.3 Å². The van der Waals surface area contributed by atoms with Gasteiger partial charge in [0, 0.05) is 6.07 Å². The molecule has 0 saturated carbocycles. The number of anilines is 1. The lowest BCUT2D eigenvalue weighted by molar-refractivity contribution is -0.118. The van der Waals surface area contributed by atoms with Crippen molar-refractivity contribution in [1.29, 1.82) is 0 Å². The molecule has 1 aromatic heterocycles. The smallest absolute Gasteiger partial charge is 0.350 e. The number of hydrogen-bond donors (Lipinski definition) is 1. The number of hydrogen-bond acceptors (Lipinski definition) is 6. The highest BCUT2D eigenvalue weighted by Crippen LogP contribution is 2.23. The van der Waals surface area contributed by atoms with Gasteiger partial charge in [-0.1, -0.05) is 11.3 Å². The van der Waals surface area contributed by atoms with Crippen molar-refractivity contribution in [2.75, 3.05) is 18.5 Å². The van der Waals surface area contributed by atoms with Crippen molar-refractivity contribution < 1.29 is 27.8 Å². The summed E-state index contributed by atoms with van der Waals surface area (Å²) >= 11 is 0.966. The number of ether oxygens (including phenoxy) is 2. The molecule has 0 bridgehead atoms. The molecular formula is C15H14F2N2O4S. The summed E-state index contributed by atoms with van der Waals surface area (Å²) in [6, 6.07) is 2.76. The second-order valence-corrected chi connectivity index (χ2v) is 5.56. The van der Waals surface area contributed by atoms with Gasteiger partial charge < -0.3 is 9.47 Å². The quantitative estimate of drug-likeness (QED) is 0.805. The van der Waals surface area contributed by atoms with Crippen molar-refractivity contribution in [3.63, 3.8) is 0 Å². The molecular weight excluding hydrogens is 342 g/mol.